The van der Waals surface area contributed by atoms with Crippen LogP contribution in [0.5, 0.6) is 0 Å². The summed E-state index contributed by atoms with van der Waals surface area (Å²) in [5.41, 5.74) is 4.72. The van der Waals surface area contributed by atoms with Crippen molar-refractivity contribution in [3.63, 3.8) is 0 Å². The molecule has 3 N–H and O–H groups in total. The molecule has 0 aliphatic rings. The molecule has 0 saturated carbocycles. The van der Waals surface area contributed by atoms with Crippen LogP contribution in [-0.4, -0.2) is 28.8 Å². The quantitative estimate of drug-likeness (QED) is 0.600. The van der Waals surface area contributed by atoms with Gasteiger partial charge in [-0.05, 0) is 31.3 Å². The van der Waals surface area contributed by atoms with Crippen LogP contribution in [0.2, 0.25) is 0 Å². The highest BCUT2D eigenvalue weighted by Gasteiger charge is 2.16. The maximum atomic E-state index is 9.49. The van der Waals surface area contributed by atoms with Gasteiger partial charge in [-0.25, -0.2) is 0 Å². The van der Waals surface area contributed by atoms with Crippen LogP contribution < -0.4 is 5.73 Å². The zero-order valence-electron chi connectivity index (χ0n) is 7.47. The van der Waals surface area contributed by atoms with Crippen molar-refractivity contribution in [2.45, 2.75) is 32.3 Å². The van der Waals surface area contributed by atoms with Crippen LogP contribution in [0.25, 0.3) is 0 Å². The van der Waals surface area contributed by atoms with Gasteiger partial charge < -0.3 is 10.8 Å². The summed E-state index contributed by atoms with van der Waals surface area (Å²) in [6.45, 7) is 4.30. The van der Waals surface area contributed by atoms with Crippen LogP contribution in [0, 0.1) is 0 Å². The van der Waals surface area contributed by atoms with E-state index in [1.54, 1.807) is 6.92 Å². The summed E-state index contributed by atoms with van der Waals surface area (Å²) >= 11 is 1.91. The maximum Gasteiger partial charge on any atom is 0.0741 e. The molecule has 0 aromatic heterocycles. The van der Waals surface area contributed by atoms with Crippen molar-refractivity contribution in [2.75, 3.05) is 18.1 Å². The highest BCUT2D eigenvalue weighted by atomic mass is 32.2. The summed E-state index contributed by atoms with van der Waals surface area (Å²) in [5, 5.41) is 9.49. The van der Waals surface area contributed by atoms with Crippen molar-refractivity contribution in [3.8, 4) is 0 Å². The molecule has 0 aromatic rings. The van der Waals surface area contributed by atoms with Crippen molar-refractivity contribution < 1.29 is 5.11 Å². The van der Waals surface area contributed by atoms with E-state index in [9.17, 15) is 5.11 Å². The molecule has 0 bridgehead atoms. The van der Waals surface area contributed by atoms with Gasteiger partial charge in [-0.1, -0.05) is 6.92 Å². The zero-order chi connectivity index (χ0) is 8.74. The second-order valence-corrected chi connectivity index (χ2v) is 4.40. The standard InChI is InChI=1S/C8H19NOS/c1-3-11-6-4-5-8(2,10)7-9/h10H,3-7,9H2,1-2H3. The Morgan fingerprint density at radius 3 is 2.64 bits per heavy atom. The first-order chi connectivity index (χ1) is 5.12. The molecular formula is C8H19NOS. The molecule has 0 heterocycles. The average molecular weight is 177 g/mol. The monoisotopic (exact) mass is 177 g/mol. The van der Waals surface area contributed by atoms with Crippen LogP contribution in [0.3, 0.4) is 0 Å². The van der Waals surface area contributed by atoms with E-state index in [-0.39, 0.29) is 0 Å². The first kappa shape index (κ1) is 11.3. The molecule has 1 unspecified atom stereocenters. The number of aliphatic hydroxyl groups is 1. The van der Waals surface area contributed by atoms with Gasteiger partial charge in [-0.15, -0.1) is 0 Å². The van der Waals surface area contributed by atoms with Crippen LogP contribution in [-0.2, 0) is 0 Å². The van der Waals surface area contributed by atoms with Crippen molar-refractivity contribution in [1.82, 2.24) is 0 Å². The Labute approximate surface area is 73.6 Å². The smallest absolute Gasteiger partial charge is 0.0741 e. The number of nitrogens with two attached hydrogens (primary N) is 1. The third-order valence-electron chi connectivity index (χ3n) is 1.65. The maximum absolute atomic E-state index is 9.49. The van der Waals surface area contributed by atoms with Crippen LogP contribution >= 0.6 is 11.8 Å². The van der Waals surface area contributed by atoms with Crippen molar-refractivity contribution in [2.24, 2.45) is 5.73 Å². The Balaban J connectivity index is 3.23. The number of thioether (sulfide) groups is 1. The third kappa shape index (κ3) is 6.66. The van der Waals surface area contributed by atoms with E-state index in [0.29, 0.717) is 6.54 Å². The van der Waals surface area contributed by atoms with Gasteiger partial charge >= 0.3 is 0 Å². The molecule has 0 aromatic carbocycles. The normalized spacial score (nSPS) is 16.4. The fourth-order valence-corrected chi connectivity index (χ4v) is 1.44. The molecule has 68 valence electrons. The Morgan fingerprint density at radius 1 is 1.55 bits per heavy atom. The summed E-state index contributed by atoms with van der Waals surface area (Å²) in [6, 6.07) is 0. The van der Waals surface area contributed by atoms with E-state index < -0.39 is 5.60 Å². The predicted octanol–water partition coefficient (Wildman–Crippen LogP) is 1.23. The van der Waals surface area contributed by atoms with Gasteiger partial charge in [-0.2, -0.15) is 11.8 Å². The minimum absolute atomic E-state index is 0.365. The molecule has 0 fully saturated rings. The van der Waals surface area contributed by atoms with Gasteiger partial charge in [0.25, 0.3) is 0 Å². The lowest BCUT2D eigenvalue weighted by molar-refractivity contribution is 0.0596. The Hall–Kier alpha value is 0.270. The minimum atomic E-state index is -0.645. The van der Waals surface area contributed by atoms with E-state index in [1.165, 1.54) is 0 Å². The fraction of sp³-hybridized carbons (Fsp3) is 1.00. The highest BCUT2D eigenvalue weighted by Crippen LogP contribution is 2.12. The number of rotatable bonds is 6. The second-order valence-electron chi connectivity index (χ2n) is 3.00. The van der Waals surface area contributed by atoms with E-state index in [0.717, 1.165) is 24.3 Å². The third-order valence-corrected chi connectivity index (χ3v) is 2.63. The molecule has 0 aliphatic heterocycles. The SMILES string of the molecule is CCSCCCC(C)(O)CN. The van der Waals surface area contributed by atoms with Gasteiger partial charge in [0.2, 0.25) is 0 Å². The average Bonchev–Trinajstić information content (AvgIpc) is 1.99. The highest BCUT2D eigenvalue weighted by molar-refractivity contribution is 7.99. The van der Waals surface area contributed by atoms with Gasteiger partial charge in [0, 0.05) is 6.54 Å². The van der Waals surface area contributed by atoms with Crippen molar-refractivity contribution in [1.29, 1.82) is 0 Å². The zero-order valence-corrected chi connectivity index (χ0v) is 8.28. The minimum Gasteiger partial charge on any atom is -0.389 e. The van der Waals surface area contributed by atoms with Gasteiger partial charge in [0.1, 0.15) is 0 Å². The summed E-state index contributed by atoms with van der Waals surface area (Å²) in [7, 11) is 0. The Kier molecular flexibility index (Phi) is 6.01. The second kappa shape index (κ2) is 5.86. The topological polar surface area (TPSA) is 46.2 Å². The largest absolute Gasteiger partial charge is 0.389 e. The molecule has 0 rings (SSSR count). The first-order valence-corrected chi connectivity index (χ1v) is 5.28. The predicted molar refractivity (Wildman–Crippen MR) is 51.9 cm³/mol. The number of hydrogen-bond donors (Lipinski definition) is 2. The Bertz CT molecular complexity index is 96.1. The molecule has 3 heteroatoms. The Morgan fingerprint density at radius 2 is 2.18 bits per heavy atom. The van der Waals surface area contributed by atoms with E-state index in [1.807, 2.05) is 11.8 Å². The fourth-order valence-electron chi connectivity index (χ4n) is 0.801. The summed E-state index contributed by atoms with van der Waals surface area (Å²) in [4.78, 5) is 0. The molecule has 11 heavy (non-hydrogen) atoms. The van der Waals surface area contributed by atoms with Crippen LogP contribution in [0.1, 0.15) is 26.7 Å². The molecule has 1 atom stereocenters. The van der Waals surface area contributed by atoms with E-state index >= 15 is 0 Å². The lowest BCUT2D eigenvalue weighted by Gasteiger charge is -2.20. The first-order valence-electron chi connectivity index (χ1n) is 4.12. The van der Waals surface area contributed by atoms with Crippen molar-refractivity contribution >= 4 is 11.8 Å². The molecule has 2 nitrogen and oxygen atoms in total. The number of hydrogen-bond acceptors (Lipinski definition) is 3. The van der Waals surface area contributed by atoms with Gasteiger partial charge in [-0.3, -0.25) is 0 Å². The lowest BCUT2D eigenvalue weighted by atomic mass is 10.0. The molecule has 0 spiro atoms. The van der Waals surface area contributed by atoms with Crippen LogP contribution in [0.4, 0.5) is 0 Å². The molecule has 0 aliphatic carbocycles. The van der Waals surface area contributed by atoms with E-state index in [4.69, 9.17) is 5.73 Å². The molecule has 0 radical (unpaired) electrons. The van der Waals surface area contributed by atoms with Gasteiger partial charge in [0.05, 0.1) is 5.60 Å². The molecule has 0 saturated heterocycles. The summed E-state index contributed by atoms with van der Waals surface area (Å²) < 4.78 is 0. The van der Waals surface area contributed by atoms with Crippen LogP contribution in [0.15, 0.2) is 0 Å². The molecular weight excluding hydrogens is 158 g/mol. The van der Waals surface area contributed by atoms with E-state index in [2.05, 4.69) is 6.92 Å². The summed E-state index contributed by atoms with van der Waals surface area (Å²) in [6.07, 6.45) is 1.87. The van der Waals surface area contributed by atoms with Crippen molar-refractivity contribution in [3.05, 3.63) is 0 Å². The summed E-state index contributed by atoms with van der Waals surface area (Å²) in [5.74, 6) is 2.29. The van der Waals surface area contributed by atoms with Gasteiger partial charge in [0.15, 0.2) is 0 Å². The molecule has 0 amide bonds. The lowest BCUT2D eigenvalue weighted by Crippen LogP contribution is -2.34.